The van der Waals surface area contributed by atoms with Crippen molar-refractivity contribution in [2.45, 2.75) is 25.8 Å². The van der Waals surface area contributed by atoms with Crippen molar-refractivity contribution in [3.05, 3.63) is 60.2 Å². The van der Waals surface area contributed by atoms with Gasteiger partial charge in [0.15, 0.2) is 5.78 Å². The zero-order valence-corrected chi connectivity index (χ0v) is 15.9. The zero-order valence-electron chi connectivity index (χ0n) is 15.9. The molecule has 27 heavy (non-hydrogen) atoms. The van der Waals surface area contributed by atoms with Gasteiger partial charge in [-0.15, -0.1) is 0 Å². The first-order chi connectivity index (χ1) is 13.1. The van der Waals surface area contributed by atoms with Gasteiger partial charge in [0.25, 0.3) is 0 Å². The number of methoxy groups -OCH3 is 1. The monoisotopic (exact) mass is 366 g/mol. The first-order valence-electron chi connectivity index (χ1n) is 9.37. The number of para-hydroxylation sites is 2. The van der Waals surface area contributed by atoms with Crippen molar-refractivity contribution in [2.75, 3.05) is 25.5 Å². The summed E-state index contributed by atoms with van der Waals surface area (Å²) >= 11 is 0. The summed E-state index contributed by atoms with van der Waals surface area (Å²) in [4.78, 5) is 27.4. The van der Waals surface area contributed by atoms with Gasteiger partial charge in [-0.25, -0.2) is 0 Å². The average molecular weight is 366 g/mol. The van der Waals surface area contributed by atoms with Gasteiger partial charge in [-0.1, -0.05) is 42.5 Å². The number of anilines is 1. The number of rotatable bonds is 6. The van der Waals surface area contributed by atoms with E-state index in [1.54, 1.807) is 7.11 Å². The van der Waals surface area contributed by atoms with E-state index in [1.807, 2.05) is 61.5 Å². The van der Waals surface area contributed by atoms with E-state index < -0.39 is 0 Å². The molecule has 0 radical (unpaired) electrons. The molecular weight excluding hydrogens is 340 g/mol. The fourth-order valence-corrected chi connectivity index (χ4v) is 3.54. The van der Waals surface area contributed by atoms with Gasteiger partial charge < -0.3 is 10.1 Å². The number of carbonyl (C=O) groups excluding carboxylic acids is 2. The minimum atomic E-state index is -0.261. The number of likely N-dealkylation sites (tertiary alicyclic amines) is 1. The minimum Gasteiger partial charge on any atom is -0.495 e. The summed E-state index contributed by atoms with van der Waals surface area (Å²) in [5, 5.41) is 2.95. The molecule has 1 aliphatic rings. The highest BCUT2D eigenvalue weighted by atomic mass is 16.5. The molecule has 1 heterocycles. The second-order valence-electron chi connectivity index (χ2n) is 6.91. The quantitative estimate of drug-likeness (QED) is 0.794. The van der Waals surface area contributed by atoms with Crippen LogP contribution in [0.4, 0.5) is 5.69 Å². The van der Waals surface area contributed by atoms with Gasteiger partial charge in [0.05, 0.1) is 18.8 Å². The molecule has 1 unspecified atom stereocenters. The second-order valence-corrected chi connectivity index (χ2v) is 6.91. The second kappa shape index (κ2) is 8.82. The van der Waals surface area contributed by atoms with E-state index in [4.69, 9.17) is 4.74 Å². The Balaban J connectivity index is 1.55. The van der Waals surface area contributed by atoms with Crippen LogP contribution in [0, 0.1) is 5.92 Å². The Morgan fingerprint density at radius 2 is 1.67 bits per heavy atom. The van der Waals surface area contributed by atoms with Crippen LogP contribution in [0.5, 0.6) is 5.75 Å². The van der Waals surface area contributed by atoms with Crippen molar-refractivity contribution in [1.82, 2.24) is 4.90 Å². The van der Waals surface area contributed by atoms with E-state index >= 15 is 0 Å². The molecule has 0 aliphatic carbocycles. The number of benzene rings is 2. The summed E-state index contributed by atoms with van der Waals surface area (Å²) < 4.78 is 5.29. The van der Waals surface area contributed by atoms with Crippen LogP contribution in [0.1, 0.15) is 30.1 Å². The first kappa shape index (κ1) is 19.1. The molecule has 0 spiro atoms. The predicted molar refractivity (Wildman–Crippen MR) is 106 cm³/mol. The molecule has 1 fully saturated rings. The lowest BCUT2D eigenvalue weighted by atomic mass is 9.88. The Hall–Kier alpha value is -2.66. The summed E-state index contributed by atoms with van der Waals surface area (Å²) in [6, 6.07) is 16.6. The molecule has 1 N–H and O–H groups in total. The van der Waals surface area contributed by atoms with Crippen molar-refractivity contribution >= 4 is 17.4 Å². The van der Waals surface area contributed by atoms with E-state index in [9.17, 15) is 9.59 Å². The molecule has 0 bridgehead atoms. The van der Waals surface area contributed by atoms with Crippen LogP contribution in [0.15, 0.2) is 54.6 Å². The number of nitrogens with zero attached hydrogens (tertiary/aromatic N) is 1. The van der Waals surface area contributed by atoms with Gasteiger partial charge in [-0.05, 0) is 45.0 Å². The Morgan fingerprint density at radius 3 is 2.33 bits per heavy atom. The summed E-state index contributed by atoms with van der Waals surface area (Å²) in [6.45, 7) is 3.39. The highest BCUT2D eigenvalue weighted by Crippen LogP contribution is 2.25. The van der Waals surface area contributed by atoms with E-state index in [2.05, 4.69) is 10.2 Å². The molecule has 2 aromatic carbocycles. The van der Waals surface area contributed by atoms with E-state index in [-0.39, 0.29) is 23.7 Å². The van der Waals surface area contributed by atoms with E-state index in [0.29, 0.717) is 11.4 Å². The molecule has 3 rings (SSSR count). The number of hydrogen-bond acceptors (Lipinski definition) is 4. The predicted octanol–water partition coefficient (Wildman–Crippen LogP) is 3.62. The number of Topliss-reactive ketones (excluding diaryl/α,β-unsaturated/α-hetero) is 1. The van der Waals surface area contributed by atoms with Crippen molar-refractivity contribution in [2.24, 2.45) is 5.92 Å². The van der Waals surface area contributed by atoms with Gasteiger partial charge in [0, 0.05) is 11.5 Å². The fraction of sp³-hybridized carbons (Fsp3) is 0.364. The third-order valence-corrected chi connectivity index (χ3v) is 5.25. The summed E-state index contributed by atoms with van der Waals surface area (Å²) in [5.41, 5.74) is 1.45. The highest BCUT2D eigenvalue weighted by molar-refractivity contribution is 5.98. The Bertz CT molecular complexity index is 783. The summed E-state index contributed by atoms with van der Waals surface area (Å²) in [5.74, 6) is 0.826. The molecule has 2 aromatic rings. The maximum absolute atomic E-state index is 12.6. The number of nitrogens with one attached hydrogen (secondary N) is 1. The molecular formula is C22H26N2O3. The van der Waals surface area contributed by atoms with Crippen LogP contribution in [0.25, 0.3) is 0 Å². The molecule has 1 aliphatic heterocycles. The lowest BCUT2D eigenvalue weighted by Gasteiger charge is -2.34. The number of hydrogen-bond donors (Lipinski definition) is 1. The maximum Gasteiger partial charge on any atom is 0.241 e. The Kier molecular flexibility index (Phi) is 6.24. The van der Waals surface area contributed by atoms with Crippen LogP contribution < -0.4 is 10.1 Å². The van der Waals surface area contributed by atoms with Crippen LogP contribution in [0.2, 0.25) is 0 Å². The highest BCUT2D eigenvalue weighted by Gasteiger charge is 2.30. The number of carbonyl (C=O) groups is 2. The van der Waals surface area contributed by atoms with Crippen LogP contribution in [0.3, 0.4) is 0 Å². The third-order valence-electron chi connectivity index (χ3n) is 5.25. The van der Waals surface area contributed by atoms with Crippen molar-refractivity contribution < 1.29 is 14.3 Å². The standard InChI is InChI=1S/C22H26N2O3/c1-16(22(26)23-19-10-6-7-11-20(19)27-2)24-14-12-18(13-15-24)21(25)17-8-4-3-5-9-17/h3-11,16,18H,12-15H2,1-2H3,(H,23,26). The Labute approximate surface area is 160 Å². The Morgan fingerprint density at radius 1 is 1.04 bits per heavy atom. The van der Waals surface area contributed by atoms with Crippen LogP contribution in [-0.4, -0.2) is 42.8 Å². The van der Waals surface area contributed by atoms with Crippen molar-refractivity contribution in [3.8, 4) is 5.75 Å². The summed E-state index contributed by atoms with van der Waals surface area (Å²) in [6.07, 6.45) is 1.56. The van der Waals surface area contributed by atoms with Crippen molar-refractivity contribution in [1.29, 1.82) is 0 Å². The molecule has 1 atom stereocenters. The van der Waals surface area contributed by atoms with Gasteiger partial charge in [-0.3, -0.25) is 14.5 Å². The summed E-state index contributed by atoms with van der Waals surface area (Å²) in [7, 11) is 1.59. The molecule has 1 saturated heterocycles. The molecule has 0 saturated carbocycles. The lowest BCUT2D eigenvalue weighted by molar-refractivity contribution is -0.121. The normalized spacial score (nSPS) is 16.5. The first-order valence-corrected chi connectivity index (χ1v) is 9.37. The maximum atomic E-state index is 12.6. The van der Waals surface area contributed by atoms with Gasteiger partial charge in [-0.2, -0.15) is 0 Å². The number of amides is 1. The van der Waals surface area contributed by atoms with Gasteiger partial charge in [0.1, 0.15) is 5.75 Å². The lowest BCUT2D eigenvalue weighted by Crippen LogP contribution is -2.47. The molecule has 0 aromatic heterocycles. The minimum absolute atomic E-state index is 0.0353. The van der Waals surface area contributed by atoms with Gasteiger partial charge >= 0.3 is 0 Å². The topological polar surface area (TPSA) is 58.6 Å². The molecule has 1 amide bonds. The number of ether oxygens (including phenoxy) is 1. The SMILES string of the molecule is COc1ccccc1NC(=O)C(C)N1CCC(C(=O)c2ccccc2)CC1. The molecule has 5 heteroatoms. The van der Waals surface area contributed by atoms with Gasteiger partial charge in [0.2, 0.25) is 5.91 Å². The largest absolute Gasteiger partial charge is 0.495 e. The smallest absolute Gasteiger partial charge is 0.241 e. The number of piperidine rings is 1. The van der Waals surface area contributed by atoms with Crippen LogP contribution >= 0.6 is 0 Å². The average Bonchev–Trinajstić information content (AvgIpc) is 2.73. The third kappa shape index (κ3) is 4.55. The van der Waals surface area contributed by atoms with Crippen LogP contribution in [-0.2, 0) is 4.79 Å². The number of ketones is 1. The molecule has 142 valence electrons. The fourth-order valence-electron chi connectivity index (χ4n) is 3.54. The van der Waals surface area contributed by atoms with Crippen molar-refractivity contribution in [3.63, 3.8) is 0 Å². The zero-order chi connectivity index (χ0) is 19.2. The molecule has 5 nitrogen and oxygen atoms in total. The van der Waals surface area contributed by atoms with E-state index in [1.165, 1.54) is 0 Å². The van der Waals surface area contributed by atoms with E-state index in [0.717, 1.165) is 31.5 Å².